The molecule has 0 fully saturated rings. The predicted molar refractivity (Wildman–Crippen MR) is 111 cm³/mol. The van der Waals surface area contributed by atoms with E-state index in [0.717, 1.165) is 22.5 Å². The Kier molecular flexibility index (Phi) is 6.34. The van der Waals surface area contributed by atoms with Gasteiger partial charge in [-0.3, -0.25) is 19.6 Å². The first-order chi connectivity index (χ1) is 13.9. The van der Waals surface area contributed by atoms with Gasteiger partial charge in [-0.1, -0.05) is 24.3 Å². The van der Waals surface area contributed by atoms with Gasteiger partial charge >= 0.3 is 0 Å². The van der Waals surface area contributed by atoms with Crippen molar-refractivity contribution in [3.8, 4) is 0 Å². The number of hydrogen-bond donors (Lipinski definition) is 2. The molecule has 1 atom stereocenters. The predicted octanol–water partition coefficient (Wildman–Crippen LogP) is 3.51. The zero-order valence-corrected chi connectivity index (χ0v) is 16.8. The van der Waals surface area contributed by atoms with E-state index in [1.54, 1.807) is 24.5 Å². The molecule has 29 heavy (non-hydrogen) atoms. The third-order valence-corrected chi connectivity index (χ3v) is 4.63. The van der Waals surface area contributed by atoms with Gasteiger partial charge < -0.3 is 10.6 Å². The van der Waals surface area contributed by atoms with E-state index in [1.807, 2.05) is 57.2 Å². The van der Waals surface area contributed by atoms with Gasteiger partial charge in [0, 0.05) is 30.3 Å². The Bertz CT molecular complexity index is 981. The molecule has 0 aliphatic rings. The largest absolute Gasteiger partial charge is 0.348 e. The second-order valence-corrected chi connectivity index (χ2v) is 7.00. The van der Waals surface area contributed by atoms with E-state index in [0.29, 0.717) is 17.7 Å². The van der Waals surface area contributed by atoms with Gasteiger partial charge in [0.2, 0.25) is 0 Å². The average Bonchev–Trinajstić information content (AvgIpc) is 2.73. The molecule has 0 saturated heterocycles. The normalized spacial score (nSPS) is 11.6. The van der Waals surface area contributed by atoms with Crippen molar-refractivity contribution >= 4 is 11.8 Å². The maximum absolute atomic E-state index is 12.3. The van der Waals surface area contributed by atoms with E-state index in [-0.39, 0.29) is 17.9 Å². The highest BCUT2D eigenvalue weighted by Gasteiger charge is 2.12. The van der Waals surface area contributed by atoms with Gasteiger partial charge in [-0.25, -0.2) is 0 Å². The molecule has 148 valence electrons. The zero-order valence-electron chi connectivity index (χ0n) is 16.8. The fourth-order valence-corrected chi connectivity index (χ4v) is 2.78. The van der Waals surface area contributed by atoms with Crippen molar-refractivity contribution in [3.63, 3.8) is 0 Å². The maximum Gasteiger partial charge on any atom is 0.253 e. The molecule has 1 aromatic carbocycles. The van der Waals surface area contributed by atoms with Crippen LogP contribution in [0.5, 0.6) is 0 Å². The van der Waals surface area contributed by atoms with Crippen molar-refractivity contribution in [2.45, 2.75) is 33.4 Å². The summed E-state index contributed by atoms with van der Waals surface area (Å²) < 4.78 is 0. The zero-order chi connectivity index (χ0) is 20.8. The number of nitrogens with one attached hydrogen (secondary N) is 2. The topological polar surface area (TPSA) is 84.0 Å². The molecule has 0 aliphatic carbocycles. The van der Waals surface area contributed by atoms with Crippen molar-refractivity contribution in [2.24, 2.45) is 0 Å². The summed E-state index contributed by atoms with van der Waals surface area (Å²) in [7, 11) is 0. The van der Waals surface area contributed by atoms with Crippen LogP contribution in [0.1, 0.15) is 56.2 Å². The monoisotopic (exact) mass is 388 g/mol. The van der Waals surface area contributed by atoms with Crippen LogP contribution in [0, 0.1) is 13.8 Å². The number of pyridine rings is 2. The molecule has 0 radical (unpaired) electrons. The SMILES string of the molecule is Cc1ccc(C(=O)NCc2ccc([C@@H](C)NC(=O)c3ccc(C)nc3)cc2)cn1. The van der Waals surface area contributed by atoms with Gasteiger partial charge in [-0.05, 0) is 56.2 Å². The minimum atomic E-state index is -0.159. The molecule has 3 aromatic rings. The number of carbonyl (C=O) groups is 2. The highest BCUT2D eigenvalue weighted by Crippen LogP contribution is 2.14. The summed E-state index contributed by atoms with van der Waals surface area (Å²) in [5, 5.41) is 5.86. The molecule has 0 spiro atoms. The van der Waals surface area contributed by atoms with Gasteiger partial charge in [0.25, 0.3) is 11.8 Å². The van der Waals surface area contributed by atoms with E-state index in [4.69, 9.17) is 0 Å². The van der Waals surface area contributed by atoms with Gasteiger partial charge in [-0.2, -0.15) is 0 Å². The summed E-state index contributed by atoms with van der Waals surface area (Å²) in [6, 6.07) is 14.8. The Hall–Kier alpha value is -3.54. The fraction of sp³-hybridized carbons (Fsp3) is 0.217. The highest BCUT2D eigenvalue weighted by molar-refractivity contribution is 5.94. The molecular weight excluding hydrogens is 364 g/mol. The lowest BCUT2D eigenvalue weighted by atomic mass is 10.1. The standard InChI is InChI=1S/C23H24N4O2/c1-15-4-8-20(13-24-15)22(28)26-12-18-6-10-19(11-7-18)17(3)27-23(29)21-9-5-16(2)25-14-21/h4-11,13-14,17H,12H2,1-3H3,(H,26,28)(H,27,29)/t17-/m1/s1. The molecule has 0 bridgehead atoms. The first-order valence-electron chi connectivity index (χ1n) is 9.45. The van der Waals surface area contributed by atoms with Crippen LogP contribution in [-0.2, 0) is 6.54 Å². The number of carbonyl (C=O) groups excluding carboxylic acids is 2. The van der Waals surface area contributed by atoms with Crippen molar-refractivity contribution in [1.29, 1.82) is 0 Å². The van der Waals surface area contributed by atoms with E-state index < -0.39 is 0 Å². The molecule has 2 heterocycles. The number of aromatic nitrogens is 2. The molecule has 0 unspecified atom stereocenters. The molecule has 2 amide bonds. The minimum Gasteiger partial charge on any atom is -0.348 e. The highest BCUT2D eigenvalue weighted by atomic mass is 16.2. The molecule has 2 aromatic heterocycles. The Morgan fingerprint density at radius 2 is 1.38 bits per heavy atom. The molecule has 6 nitrogen and oxygen atoms in total. The second-order valence-electron chi connectivity index (χ2n) is 7.00. The number of rotatable bonds is 6. The molecule has 0 aliphatic heterocycles. The molecule has 2 N–H and O–H groups in total. The number of aryl methyl sites for hydroxylation is 2. The van der Waals surface area contributed by atoms with E-state index in [1.165, 1.54) is 0 Å². The molecule has 3 rings (SSSR count). The summed E-state index contributed by atoms with van der Waals surface area (Å²) >= 11 is 0. The molecule has 0 saturated carbocycles. The lowest BCUT2D eigenvalue weighted by molar-refractivity contribution is 0.0934. The quantitative estimate of drug-likeness (QED) is 0.677. The van der Waals surface area contributed by atoms with Crippen molar-refractivity contribution in [3.05, 3.63) is 94.6 Å². The smallest absolute Gasteiger partial charge is 0.253 e. The molecule has 6 heteroatoms. The van der Waals surface area contributed by atoms with Crippen LogP contribution < -0.4 is 10.6 Å². The van der Waals surface area contributed by atoms with Gasteiger partial charge in [0.1, 0.15) is 0 Å². The Labute approximate surface area is 170 Å². The van der Waals surface area contributed by atoms with Crippen LogP contribution in [0.15, 0.2) is 60.9 Å². The third-order valence-electron chi connectivity index (χ3n) is 4.63. The Balaban J connectivity index is 1.55. The van der Waals surface area contributed by atoms with Crippen LogP contribution in [0.4, 0.5) is 0 Å². The summed E-state index contributed by atoms with van der Waals surface area (Å²) in [6.07, 6.45) is 3.15. The number of nitrogens with zero attached hydrogens (tertiary/aromatic N) is 2. The van der Waals surface area contributed by atoms with Gasteiger partial charge in [0.05, 0.1) is 17.2 Å². The summed E-state index contributed by atoms with van der Waals surface area (Å²) in [4.78, 5) is 32.8. The van der Waals surface area contributed by atoms with Crippen molar-refractivity contribution < 1.29 is 9.59 Å². The second kappa shape index (κ2) is 9.10. The Morgan fingerprint density at radius 1 is 0.828 bits per heavy atom. The van der Waals surface area contributed by atoms with Gasteiger partial charge in [0.15, 0.2) is 0 Å². The van der Waals surface area contributed by atoms with Crippen LogP contribution >= 0.6 is 0 Å². The van der Waals surface area contributed by atoms with Crippen LogP contribution in [0.3, 0.4) is 0 Å². The lowest BCUT2D eigenvalue weighted by Crippen LogP contribution is -2.27. The number of amides is 2. The summed E-state index contributed by atoms with van der Waals surface area (Å²) in [5.74, 6) is -0.318. The maximum atomic E-state index is 12.3. The fourth-order valence-electron chi connectivity index (χ4n) is 2.78. The Morgan fingerprint density at radius 3 is 1.90 bits per heavy atom. The minimum absolute atomic E-state index is 0.147. The lowest BCUT2D eigenvalue weighted by Gasteiger charge is -2.15. The van der Waals surface area contributed by atoms with E-state index >= 15 is 0 Å². The summed E-state index contributed by atoms with van der Waals surface area (Å²) in [6.45, 7) is 6.11. The van der Waals surface area contributed by atoms with E-state index in [9.17, 15) is 9.59 Å². The van der Waals surface area contributed by atoms with Crippen molar-refractivity contribution in [2.75, 3.05) is 0 Å². The number of hydrogen-bond acceptors (Lipinski definition) is 4. The summed E-state index contributed by atoms with van der Waals surface area (Å²) in [5.41, 5.74) is 4.77. The number of benzene rings is 1. The van der Waals surface area contributed by atoms with Crippen LogP contribution in [0.25, 0.3) is 0 Å². The van der Waals surface area contributed by atoms with E-state index in [2.05, 4.69) is 20.6 Å². The average molecular weight is 388 g/mol. The third kappa shape index (κ3) is 5.48. The van der Waals surface area contributed by atoms with Crippen LogP contribution in [0.2, 0.25) is 0 Å². The first-order valence-corrected chi connectivity index (χ1v) is 9.45. The first kappa shape index (κ1) is 20.2. The van der Waals surface area contributed by atoms with Crippen LogP contribution in [-0.4, -0.2) is 21.8 Å². The van der Waals surface area contributed by atoms with Gasteiger partial charge in [-0.15, -0.1) is 0 Å². The molecular formula is C23H24N4O2. The van der Waals surface area contributed by atoms with Crippen molar-refractivity contribution in [1.82, 2.24) is 20.6 Å².